The number of ether oxygens (including phenoxy) is 1. The molecule has 104 valence electrons. The number of hydrogen-bond donors (Lipinski definition) is 1. The van der Waals surface area contributed by atoms with Crippen LogP contribution in [-0.2, 0) is 4.74 Å². The largest absolute Gasteiger partial charge is 0.373 e. The molecule has 2 unspecified atom stereocenters. The molecule has 0 spiro atoms. The Morgan fingerprint density at radius 2 is 2.42 bits per heavy atom. The van der Waals surface area contributed by atoms with Gasteiger partial charge in [0.2, 0.25) is 5.28 Å². The molecule has 2 fully saturated rings. The highest BCUT2D eigenvalue weighted by Crippen LogP contribution is 2.22. The topological polar surface area (TPSA) is 50.3 Å². The minimum absolute atomic E-state index is 0.225. The van der Waals surface area contributed by atoms with E-state index in [1.807, 2.05) is 13.0 Å². The first-order chi connectivity index (χ1) is 9.20. The standard InChI is InChI=1S/C13H19ClN4O/c1-9-5-12(17-13(14)16-9)15-6-11-7-18-4-2-3-10(18)8-19-11/h5,10-11H,2-4,6-8H2,1H3,(H,15,16,17). The summed E-state index contributed by atoms with van der Waals surface area (Å²) in [6.45, 7) is 5.75. The Morgan fingerprint density at radius 1 is 1.53 bits per heavy atom. The maximum atomic E-state index is 5.89. The fraction of sp³-hybridized carbons (Fsp3) is 0.692. The highest BCUT2D eigenvalue weighted by Gasteiger charge is 2.31. The molecule has 19 heavy (non-hydrogen) atoms. The molecule has 2 aliphatic heterocycles. The van der Waals surface area contributed by atoms with E-state index in [0.29, 0.717) is 6.04 Å². The first-order valence-corrected chi connectivity index (χ1v) is 7.19. The zero-order chi connectivity index (χ0) is 13.2. The average Bonchev–Trinajstić information content (AvgIpc) is 2.82. The van der Waals surface area contributed by atoms with Crippen LogP contribution >= 0.6 is 11.6 Å². The molecule has 1 N–H and O–H groups in total. The van der Waals surface area contributed by atoms with Crippen LogP contribution in [-0.4, -0.2) is 53.3 Å². The molecule has 1 aromatic rings. The summed E-state index contributed by atoms with van der Waals surface area (Å²) in [7, 11) is 0. The van der Waals surface area contributed by atoms with Crippen molar-refractivity contribution >= 4 is 17.4 Å². The van der Waals surface area contributed by atoms with Crippen LogP contribution in [0.25, 0.3) is 0 Å². The molecular formula is C13H19ClN4O. The lowest BCUT2D eigenvalue weighted by atomic mass is 10.2. The number of anilines is 1. The van der Waals surface area contributed by atoms with E-state index >= 15 is 0 Å². The normalized spacial score (nSPS) is 27.3. The lowest BCUT2D eigenvalue weighted by molar-refractivity contribution is -0.0416. The molecule has 0 aromatic carbocycles. The summed E-state index contributed by atoms with van der Waals surface area (Å²) < 4.78 is 5.89. The minimum Gasteiger partial charge on any atom is -0.373 e. The van der Waals surface area contributed by atoms with Crippen LogP contribution in [0.1, 0.15) is 18.5 Å². The number of nitrogens with one attached hydrogen (secondary N) is 1. The van der Waals surface area contributed by atoms with Crippen LogP contribution in [0.5, 0.6) is 0 Å². The van der Waals surface area contributed by atoms with Gasteiger partial charge in [-0.3, -0.25) is 4.90 Å². The van der Waals surface area contributed by atoms with Crippen molar-refractivity contribution in [3.63, 3.8) is 0 Å². The highest BCUT2D eigenvalue weighted by molar-refractivity contribution is 6.28. The van der Waals surface area contributed by atoms with Crippen LogP contribution in [0.2, 0.25) is 5.28 Å². The van der Waals surface area contributed by atoms with Gasteiger partial charge in [0.1, 0.15) is 5.82 Å². The second-order valence-corrected chi connectivity index (χ2v) is 5.63. The summed E-state index contributed by atoms with van der Waals surface area (Å²) in [6, 6.07) is 2.54. The van der Waals surface area contributed by atoms with Crippen molar-refractivity contribution < 1.29 is 4.74 Å². The van der Waals surface area contributed by atoms with Gasteiger partial charge in [0, 0.05) is 30.9 Å². The van der Waals surface area contributed by atoms with Crippen molar-refractivity contribution in [3.8, 4) is 0 Å². The maximum absolute atomic E-state index is 5.89. The van der Waals surface area contributed by atoms with Crippen molar-refractivity contribution in [2.75, 3.05) is 31.6 Å². The van der Waals surface area contributed by atoms with E-state index in [2.05, 4.69) is 20.2 Å². The first kappa shape index (κ1) is 13.1. The lowest BCUT2D eigenvalue weighted by Gasteiger charge is -2.35. The number of hydrogen-bond acceptors (Lipinski definition) is 5. The molecule has 2 atom stereocenters. The second-order valence-electron chi connectivity index (χ2n) is 5.29. The zero-order valence-corrected chi connectivity index (χ0v) is 11.9. The Bertz CT molecular complexity index is 436. The predicted molar refractivity (Wildman–Crippen MR) is 74.6 cm³/mol. The van der Waals surface area contributed by atoms with E-state index in [1.54, 1.807) is 0 Å². The molecule has 0 saturated carbocycles. The third-order valence-corrected chi connectivity index (χ3v) is 3.97. The zero-order valence-electron chi connectivity index (χ0n) is 11.1. The predicted octanol–water partition coefficient (Wildman–Crippen LogP) is 1.71. The lowest BCUT2D eigenvalue weighted by Crippen LogP contribution is -2.48. The Kier molecular flexibility index (Phi) is 3.86. The molecule has 0 radical (unpaired) electrons. The number of morpholine rings is 1. The van der Waals surface area contributed by atoms with E-state index in [-0.39, 0.29) is 11.4 Å². The third-order valence-electron chi connectivity index (χ3n) is 3.80. The Labute approximate surface area is 118 Å². The van der Waals surface area contributed by atoms with Gasteiger partial charge in [-0.2, -0.15) is 0 Å². The summed E-state index contributed by atoms with van der Waals surface area (Å²) in [5.74, 6) is 0.768. The second kappa shape index (κ2) is 5.61. The molecule has 6 heteroatoms. The number of aromatic nitrogens is 2. The van der Waals surface area contributed by atoms with Gasteiger partial charge < -0.3 is 10.1 Å². The van der Waals surface area contributed by atoms with E-state index in [0.717, 1.165) is 31.2 Å². The van der Waals surface area contributed by atoms with Crippen molar-refractivity contribution in [3.05, 3.63) is 17.0 Å². The SMILES string of the molecule is Cc1cc(NCC2CN3CCCC3CO2)nc(Cl)n1. The van der Waals surface area contributed by atoms with Crippen LogP contribution in [0.15, 0.2) is 6.07 Å². The molecule has 5 nitrogen and oxygen atoms in total. The smallest absolute Gasteiger partial charge is 0.224 e. The number of nitrogens with zero attached hydrogens (tertiary/aromatic N) is 3. The molecule has 3 heterocycles. The van der Waals surface area contributed by atoms with Gasteiger partial charge in [-0.1, -0.05) is 0 Å². The van der Waals surface area contributed by atoms with Crippen molar-refractivity contribution in [2.24, 2.45) is 0 Å². The van der Waals surface area contributed by atoms with Crippen molar-refractivity contribution in [1.82, 2.24) is 14.9 Å². The number of halogens is 1. The van der Waals surface area contributed by atoms with Crippen LogP contribution in [0.3, 0.4) is 0 Å². The maximum Gasteiger partial charge on any atom is 0.224 e. The summed E-state index contributed by atoms with van der Waals surface area (Å²) in [6.07, 6.45) is 2.80. The molecule has 3 rings (SSSR count). The Balaban J connectivity index is 1.54. The van der Waals surface area contributed by atoms with Gasteiger partial charge in [-0.05, 0) is 37.9 Å². The summed E-state index contributed by atoms with van der Waals surface area (Å²) in [4.78, 5) is 10.7. The van der Waals surface area contributed by atoms with E-state index < -0.39 is 0 Å². The molecule has 0 bridgehead atoms. The number of aryl methyl sites for hydroxylation is 1. The van der Waals surface area contributed by atoms with Crippen molar-refractivity contribution in [2.45, 2.75) is 31.9 Å². The fourth-order valence-electron chi connectivity index (χ4n) is 2.85. The third kappa shape index (κ3) is 3.16. The van der Waals surface area contributed by atoms with Crippen molar-refractivity contribution in [1.29, 1.82) is 0 Å². The van der Waals surface area contributed by atoms with Gasteiger partial charge in [0.25, 0.3) is 0 Å². The number of fused-ring (bicyclic) bond motifs is 1. The molecule has 1 aromatic heterocycles. The molecular weight excluding hydrogens is 264 g/mol. The Hall–Kier alpha value is -0.910. The van der Waals surface area contributed by atoms with Gasteiger partial charge in [-0.15, -0.1) is 0 Å². The quantitative estimate of drug-likeness (QED) is 0.856. The van der Waals surface area contributed by atoms with Gasteiger partial charge in [0.05, 0.1) is 12.7 Å². The van der Waals surface area contributed by atoms with Crippen LogP contribution < -0.4 is 5.32 Å². The van der Waals surface area contributed by atoms with Crippen LogP contribution in [0.4, 0.5) is 5.82 Å². The van der Waals surface area contributed by atoms with E-state index in [1.165, 1.54) is 19.4 Å². The molecule has 0 amide bonds. The minimum atomic E-state index is 0.225. The van der Waals surface area contributed by atoms with E-state index in [9.17, 15) is 0 Å². The molecule has 2 aliphatic rings. The fourth-order valence-corrected chi connectivity index (χ4v) is 3.07. The molecule has 0 aliphatic carbocycles. The van der Waals surface area contributed by atoms with Gasteiger partial charge in [-0.25, -0.2) is 9.97 Å². The molecule has 2 saturated heterocycles. The first-order valence-electron chi connectivity index (χ1n) is 6.81. The van der Waals surface area contributed by atoms with E-state index in [4.69, 9.17) is 16.3 Å². The summed E-state index contributed by atoms with van der Waals surface area (Å²) in [5.41, 5.74) is 0.867. The number of rotatable bonds is 3. The van der Waals surface area contributed by atoms with Crippen LogP contribution in [0, 0.1) is 6.92 Å². The van der Waals surface area contributed by atoms with Gasteiger partial charge >= 0.3 is 0 Å². The summed E-state index contributed by atoms with van der Waals surface area (Å²) in [5, 5.41) is 3.57. The monoisotopic (exact) mass is 282 g/mol. The van der Waals surface area contributed by atoms with Gasteiger partial charge in [0.15, 0.2) is 0 Å². The summed E-state index contributed by atoms with van der Waals surface area (Å²) >= 11 is 5.84. The average molecular weight is 283 g/mol. The Morgan fingerprint density at radius 3 is 3.26 bits per heavy atom. The highest BCUT2D eigenvalue weighted by atomic mass is 35.5.